The molecule has 0 saturated heterocycles. The van der Waals surface area contributed by atoms with Gasteiger partial charge in [0.1, 0.15) is 5.65 Å². The highest BCUT2D eigenvalue weighted by Gasteiger charge is 2.08. The van der Waals surface area contributed by atoms with Gasteiger partial charge in [-0.1, -0.05) is 48.5 Å². The van der Waals surface area contributed by atoms with Crippen LogP contribution in [-0.4, -0.2) is 26.1 Å². The third-order valence-corrected chi connectivity index (χ3v) is 5.36. The molecule has 0 bridgehead atoms. The first-order valence-electron chi connectivity index (χ1n) is 7.39. The maximum absolute atomic E-state index is 12.1. The second-order valence-corrected chi connectivity index (χ2v) is 8.23. The van der Waals surface area contributed by atoms with Crippen LogP contribution < -0.4 is 10.9 Å². The Balaban J connectivity index is 1.69. The Labute approximate surface area is 152 Å². The molecule has 24 heavy (non-hydrogen) atoms. The molecule has 3 heterocycles. The van der Waals surface area contributed by atoms with Crippen molar-refractivity contribution in [2.24, 2.45) is 5.92 Å². The van der Waals surface area contributed by atoms with Gasteiger partial charge in [0.15, 0.2) is 4.34 Å². The molecule has 0 aliphatic rings. The molecule has 3 rings (SSSR count). The van der Waals surface area contributed by atoms with Crippen molar-refractivity contribution in [1.29, 1.82) is 0 Å². The highest BCUT2D eigenvalue weighted by Crippen LogP contribution is 2.27. The summed E-state index contributed by atoms with van der Waals surface area (Å²) in [7, 11) is 0. The molecule has 126 valence electrons. The number of hydrogen-bond acceptors (Lipinski definition) is 7. The summed E-state index contributed by atoms with van der Waals surface area (Å²) in [6.45, 7) is 5.15. The molecule has 6 nitrogen and oxygen atoms in total. The Hall–Kier alpha value is -1.64. The first kappa shape index (κ1) is 17.2. The Kier molecular flexibility index (Phi) is 5.37. The predicted octanol–water partition coefficient (Wildman–Crippen LogP) is 3.56. The Bertz CT molecular complexity index is 908. The van der Waals surface area contributed by atoms with Crippen LogP contribution in [0.1, 0.15) is 19.5 Å². The van der Waals surface area contributed by atoms with Crippen LogP contribution in [-0.2, 0) is 5.75 Å². The fraction of sp³-hybridized carbons (Fsp3) is 0.333. The van der Waals surface area contributed by atoms with Gasteiger partial charge in [0.2, 0.25) is 5.13 Å². The van der Waals surface area contributed by atoms with Crippen LogP contribution in [0.5, 0.6) is 0 Å². The first-order chi connectivity index (χ1) is 11.5. The van der Waals surface area contributed by atoms with E-state index in [9.17, 15) is 4.79 Å². The van der Waals surface area contributed by atoms with Gasteiger partial charge in [-0.25, -0.2) is 4.98 Å². The molecule has 9 heteroatoms. The van der Waals surface area contributed by atoms with Crippen molar-refractivity contribution in [3.63, 3.8) is 0 Å². The van der Waals surface area contributed by atoms with Crippen LogP contribution in [0, 0.1) is 5.92 Å². The number of pyridine rings is 1. The standard InChI is InChI=1S/C15H16ClN5OS2/c1-9(2)6-17-14-19-20-15(24-14)23-8-11-5-13(22)21-7-10(16)3-4-12(21)18-11/h3-5,7,9H,6,8H2,1-2H3,(H,17,19). The molecule has 0 atom stereocenters. The van der Waals surface area contributed by atoms with E-state index in [0.29, 0.717) is 28.0 Å². The molecule has 0 aliphatic heterocycles. The summed E-state index contributed by atoms with van der Waals surface area (Å²) in [6, 6.07) is 4.98. The van der Waals surface area contributed by atoms with E-state index in [1.807, 2.05) is 0 Å². The molecule has 3 aromatic rings. The lowest BCUT2D eigenvalue weighted by Gasteiger charge is -2.04. The van der Waals surface area contributed by atoms with Crippen LogP contribution in [0.15, 0.2) is 33.5 Å². The molecule has 0 radical (unpaired) electrons. The number of hydrogen-bond donors (Lipinski definition) is 1. The number of nitrogens with zero attached hydrogens (tertiary/aromatic N) is 4. The van der Waals surface area contributed by atoms with Crippen LogP contribution in [0.2, 0.25) is 5.02 Å². The van der Waals surface area contributed by atoms with Crippen molar-refractivity contribution < 1.29 is 0 Å². The number of fused-ring (bicyclic) bond motifs is 1. The molecule has 0 unspecified atom stereocenters. The molecule has 0 fully saturated rings. The highest BCUT2D eigenvalue weighted by atomic mass is 35.5. The summed E-state index contributed by atoms with van der Waals surface area (Å²) in [4.78, 5) is 16.6. The fourth-order valence-electron chi connectivity index (χ4n) is 1.97. The van der Waals surface area contributed by atoms with E-state index in [-0.39, 0.29) is 5.56 Å². The van der Waals surface area contributed by atoms with Crippen molar-refractivity contribution in [1.82, 2.24) is 19.6 Å². The van der Waals surface area contributed by atoms with Crippen LogP contribution >= 0.6 is 34.7 Å². The minimum absolute atomic E-state index is 0.144. The lowest BCUT2D eigenvalue weighted by atomic mass is 10.2. The fourth-order valence-corrected chi connectivity index (χ4v) is 3.78. The smallest absolute Gasteiger partial charge is 0.258 e. The largest absolute Gasteiger partial charge is 0.360 e. The lowest BCUT2D eigenvalue weighted by Crippen LogP contribution is -2.14. The van der Waals surface area contributed by atoms with Gasteiger partial charge in [-0.3, -0.25) is 9.20 Å². The molecule has 0 amide bonds. The molecular formula is C15H16ClN5OS2. The van der Waals surface area contributed by atoms with E-state index in [1.54, 1.807) is 18.3 Å². The number of aromatic nitrogens is 4. The van der Waals surface area contributed by atoms with E-state index < -0.39 is 0 Å². The Morgan fingerprint density at radius 1 is 1.38 bits per heavy atom. The van der Waals surface area contributed by atoms with E-state index in [2.05, 4.69) is 34.3 Å². The zero-order chi connectivity index (χ0) is 17.1. The van der Waals surface area contributed by atoms with E-state index in [1.165, 1.54) is 33.6 Å². The number of rotatable bonds is 6. The molecule has 0 aliphatic carbocycles. The highest BCUT2D eigenvalue weighted by molar-refractivity contribution is 8.00. The molecule has 0 spiro atoms. The molecule has 1 N–H and O–H groups in total. The monoisotopic (exact) mass is 381 g/mol. The first-order valence-corrected chi connectivity index (χ1v) is 9.57. The van der Waals surface area contributed by atoms with Crippen LogP contribution in [0.3, 0.4) is 0 Å². The van der Waals surface area contributed by atoms with Crippen molar-refractivity contribution in [3.05, 3.63) is 45.5 Å². The SMILES string of the molecule is CC(C)CNc1nnc(SCc2cc(=O)n3cc(Cl)ccc3n2)s1. The summed E-state index contributed by atoms with van der Waals surface area (Å²) >= 11 is 8.93. The normalized spacial score (nSPS) is 11.3. The molecule has 3 aromatic heterocycles. The number of anilines is 1. The third kappa shape index (κ3) is 4.25. The minimum Gasteiger partial charge on any atom is -0.360 e. The number of nitrogens with one attached hydrogen (secondary N) is 1. The van der Waals surface area contributed by atoms with E-state index >= 15 is 0 Å². The molecule has 0 aromatic carbocycles. The van der Waals surface area contributed by atoms with Crippen molar-refractivity contribution in [3.8, 4) is 0 Å². The van der Waals surface area contributed by atoms with Crippen molar-refractivity contribution in [2.75, 3.05) is 11.9 Å². The zero-order valence-corrected chi connectivity index (χ0v) is 15.6. The van der Waals surface area contributed by atoms with E-state index in [4.69, 9.17) is 11.6 Å². The van der Waals surface area contributed by atoms with Gasteiger partial charge in [0, 0.05) is 24.6 Å². The van der Waals surface area contributed by atoms with Gasteiger partial charge < -0.3 is 5.32 Å². The number of halogens is 1. The Morgan fingerprint density at radius 2 is 2.21 bits per heavy atom. The average Bonchev–Trinajstić information content (AvgIpc) is 3.00. The van der Waals surface area contributed by atoms with E-state index in [0.717, 1.165) is 16.0 Å². The summed E-state index contributed by atoms with van der Waals surface area (Å²) in [5.41, 5.74) is 1.15. The summed E-state index contributed by atoms with van der Waals surface area (Å²) in [5.74, 6) is 1.11. The van der Waals surface area contributed by atoms with Gasteiger partial charge in [0.25, 0.3) is 5.56 Å². The van der Waals surface area contributed by atoms with Gasteiger partial charge in [-0.2, -0.15) is 0 Å². The van der Waals surface area contributed by atoms with Gasteiger partial charge in [-0.05, 0) is 18.1 Å². The Morgan fingerprint density at radius 3 is 3.00 bits per heavy atom. The van der Waals surface area contributed by atoms with Gasteiger partial charge in [-0.15, -0.1) is 10.2 Å². The number of thioether (sulfide) groups is 1. The summed E-state index contributed by atoms with van der Waals surface area (Å²) in [6.07, 6.45) is 1.57. The maximum Gasteiger partial charge on any atom is 0.258 e. The summed E-state index contributed by atoms with van der Waals surface area (Å²) in [5, 5.41) is 12.8. The van der Waals surface area contributed by atoms with Gasteiger partial charge in [0.05, 0.1) is 10.7 Å². The van der Waals surface area contributed by atoms with Crippen molar-refractivity contribution >= 4 is 45.5 Å². The quantitative estimate of drug-likeness (QED) is 0.658. The average molecular weight is 382 g/mol. The maximum atomic E-state index is 12.1. The minimum atomic E-state index is -0.144. The van der Waals surface area contributed by atoms with Crippen molar-refractivity contribution in [2.45, 2.75) is 23.9 Å². The second-order valence-electron chi connectivity index (χ2n) is 5.60. The second kappa shape index (κ2) is 7.50. The predicted molar refractivity (Wildman–Crippen MR) is 99.3 cm³/mol. The zero-order valence-electron chi connectivity index (χ0n) is 13.2. The third-order valence-electron chi connectivity index (χ3n) is 3.09. The van der Waals surface area contributed by atoms with Crippen LogP contribution in [0.4, 0.5) is 5.13 Å². The topological polar surface area (TPSA) is 72.2 Å². The van der Waals surface area contributed by atoms with Crippen LogP contribution in [0.25, 0.3) is 5.65 Å². The molecule has 0 saturated carbocycles. The summed E-state index contributed by atoms with van der Waals surface area (Å²) < 4.78 is 2.29. The van der Waals surface area contributed by atoms with Gasteiger partial charge >= 0.3 is 0 Å². The molecular weight excluding hydrogens is 366 g/mol. The lowest BCUT2D eigenvalue weighted by molar-refractivity contribution is 0.687.